The molecule has 2 heteroatoms. The van der Waals surface area contributed by atoms with Crippen LogP contribution in [-0.4, -0.2) is 37.6 Å². The number of nitrogens with one attached hydrogen (secondary N) is 1. The van der Waals surface area contributed by atoms with Crippen LogP contribution in [0.15, 0.2) is 0 Å². The monoisotopic (exact) mass is 240 g/mol. The SMILES string of the molecule is CC(C)CNCC(C(C)C)N(C)CC1CC1C. The van der Waals surface area contributed by atoms with Crippen molar-refractivity contribution in [3.8, 4) is 0 Å². The van der Waals surface area contributed by atoms with Crippen LogP contribution in [0.4, 0.5) is 0 Å². The van der Waals surface area contributed by atoms with E-state index in [1.165, 1.54) is 13.0 Å². The minimum atomic E-state index is 0.682. The van der Waals surface area contributed by atoms with Crippen molar-refractivity contribution >= 4 is 0 Å². The van der Waals surface area contributed by atoms with Crippen molar-refractivity contribution in [3.05, 3.63) is 0 Å². The Morgan fingerprint density at radius 1 is 1.18 bits per heavy atom. The first-order chi connectivity index (χ1) is 7.91. The van der Waals surface area contributed by atoms with Crippen molar-refractivity contribution in [1.29, 1.82) is 0 Å². The molecule has 0 heterocycles. The largest absolute Gasteiger partial charge is 0.315 e. The Morgan fingerprint density at radius 3 is 2.18 bits per heavy atom. The summed E-state index contributed by atoms with van der Waals surface area (Å²) in [7, 11) is 2.30. The fourth-order valence-corrected chi connectivity index (χ4v) is 2.58. The first-order valence-corrected chi connectivity index (χ1v) is 7.32. The fourth-order valence-electron chi connectivity index (χ4n) is 2.58. The van der Waals surface area contributed by atoms with Crippen molar-refractivity contribution in [2.75, 3.05) is 26.7 Å². The van der Waals surface area contributed by atoms with Gasteiger partial charge in [0.15, 0.2) is 0 Å². The summed E-state index contributed by atoms with van der Waals surface area (Å²) in [6.45, 7) is 15.2. The van der Waals surface area contributed by atoms with Crippen LogP contribution >= 0.6 is 0 Å². The predicted octanol–water partition coefficient (Wildman–Crippen LogP) is 2.84. The fraction of sp³-hybridized carbons (Fsp3) is 1.00. The van der Waals surface area contributed by atoms with E-state index in [-0.39, 0.29) is 0 Å². The summed E-state index contributed by atoms with van der Waals surface area (Å²) in [5.74, 6) is 3.41. The molecule has 3 atom stereocenters. The number of likely N-dealkylation sites (N-methyl/N-ethyl adjacent to an activating group) is 1. The van der Waals surface area contributed by atoms with Gasteiger partial charge in [-0.2, -0.15) is 0 Å². The molecule has 0 aromatic carbocycles. The van der Waals surface area contributed by atoms with Crippen LogP contribution in [0, 0.1) is 23.7 Å². The second-order valence-corrected chi connectivity index (χ2v) is 6.78. The molecule has 0 bridgehead atoms. The van der Waals surface area contributed by atoms with Crippen LogP contribution in [0.1, 0.15) is 41.0 Å². The molecular formula is C15H32N2. The Kier molecular flexibility index (Phi) is 5.94. The minimum Gasteiger partial charge on any atom is -0.315 e. The number of hydrogen-bond donors (Lipinski definition) is 1. The van der Waals surface area contributed by atoms with E-state index in [0.29, 0.717) is 6.04 Å². The van der Waals surface area contributed by atoms with Crippen LogP contribution in [0.5, 0.6) is 0 Å². The summed E-state index contributed by atoms with van der Waals surface area (Å²) in [6, 6.07) is 0.682. The molecular weight excluding hydrogens is 208 g/mol. The van der Waals surface area contributed by atoms with Gasteiger partial charge in [0.05, 0.1) is 0 Å². The molecule has 0 aromatic heterocycles. The predicted molar refractivity (Wildman–Crippen MR) is 76.2 cm³/mol. The van der Waals surface area contributed by atoms with Gasteiger partial charge in [-0.1, -0.05) is 34.6 Å². The van der Waals surface area contributed by atoms with Gasteiger partial charge < -0.3 is 10.2 Å². The Hall–Kier alpha value is -0.0800. The molecule has 2 nitrogen and oxygen atoms in total. The lowest BCUT2D eigenvalue weighted by molar-refractivity contribution is 0.177. The van der Waals surface area contributed by atoms with Gasteiger partial charge in [0.1, 0.15) is 0 Å². The van der Waals surface area contributed by atoms with E-state index < -0.39 is 0 Å². The summed E-state index contributed by atoms with van der Waals surface area (Å²) >= 11 is 0. The minimum absolute atomic E-state index is 0.682. The number of nitrogens with zero attached hydrogens (tertiary/aromatic N) is 1. The third kappa shape index (κ3) is 5.39. The zero-order valence-corrected chi connectivity index (χ0v) is 12.7. The van der Waals surface area contributed by atoms with Crippen LogP contribution in [0.25, 0.3) is 0 Å². The second kappa shape index (κ2) is 6.75. The topological polar surface area (TPSA) is 15.3 Å². The van der Waals surface area contributed by atoms with E-state index in [1.54, 1.807) is 0 Å². The van der Waals surface area contributed by atoms with E-state index in [4.69, 9.17) is 0 Å². The van der Waals surface area contributed by atoms with Crippen molar-refractivity contribution in [1.82, 2.24) is 10.2 Å². The highest BCUT2D eigenvalue weighted by Crippen LogP contribution is 2.38. The quantitative estimate of drug-likeness (QED) is 0.702. The van der Waals surface area contributed by atoms with Gasteiger partial charge in [0, 0.05) is 19.1 Å². The van der Waals surface area contributed by atoms with E-state index in [0.717, 1.165) is 36.8 Å². The maximum Gasteiger partial charge on any atom is 0.0240 e. The zero-order chi connectivity index (χ0) is 13.0. The summed E-state index contributed by atoms with van der Waals surface area (Å²) in [6.07, 6.45) is 1.44. The zero-order valence-electron chi connectivity index (χ0n) is 12.7. The summed E-state index contributed by atoms with van der Waals surface area (Å²) in [5, 5.41) is 3.61. The molecule has 17 heavy (non-hydrogen) atoms. The lowest BCUT2D eigenvalue weighted by atomic mass is 10.0. The van der Waals surface area contributed by atoms with E-state index in [2.05, 4.69) is 51.9 Å². The van der Waals surface area contributed by atoms with Gasteiger partial charge in [0.2, 0.25) is 0 Å². The lowest BCUT2D eigenvalue weighted by Crippen LogP contribution is -2.45. The summed E-state index contributed by atoms with van der Waals surface area (Å²) < 4.78 is 0. The van der Waals surface area contributed by atoms with Crippen molar-refractivity contribution in [3.63, 3.8) is 0 Å². The molecule has 0 saturated heterocycles. The third-order valence-corrected chi connectivity index (χ3v) is 4.04. The molecule has 0 radical (unpaired) electrons. The van der Waals surface area contributed by atoms with Gasteiger partial charge in [-0.3, -0.25) is 0 Å². The van der Waals surface area contributed by atoms with Crippen molar-refractivity contribution in [2.24, 2.45) is 23.7 Å². The molecule has 1 saturated carbocycles. The van der Waals surface area contributed by atoms with Gasteiger partial charge in [-0.15, -0.1) is 0 Å². The molecule has 1 aliphatic rings. The highest BCUT2D eigenvalue weighted by atomic mass is 15.2. The second-order valence-electron chi connectivity index (χ2n) is 6.78. The first-order valence-electron chi connectivity index (χ1n) is 7.32. The van der Waals surface area contributed by atoms with Crippen LogP contribution in [0.3, 0.4) is 0 Å². The van der Waals surface area contributed by atoms with Gasteiger partial charge in [0.25, 0.3) is 0 Å². The Morgan fingerprint density at radius 2 is 1.76 bits per heavy atom. The molecule has 0 aromatic rings. The molecule has 3 unspecified atom stereocenters. The number of hydrogen-bond acceptors (Lipinski definition) is 2. The maximum atomic E-state index is 3.61. The first kappa shape index (κ1) is 15.0. The lowest BCUT2D eigenvalue weighted by Gasteiger charge is -2.32. The van der Waals surface area contributed by atoms with Crippen LogP contribution < -0.4 is 5.32 Å². The van der Waals surface area contributed by atoms with Gasteiger partial charge >= 0.3 is 0 Å². The highest BCUT2D eigenvalue weighted by molar-refractivity contribution is 4.87. The van der Waals surface area contributed by atoms with Crippen LogP contribution in [0.2, 0.25) is 0 Å². The number of rotatable bonds is 8. The summed E-state index contributed by atoms with van der Waals surface area (Å²) in [5.41, 5.74) is 0. The average Bonchev–Trinajstić information content (AvgIpc) is 2.87. The normalized spacial score (nSPS) is 25.9. The molecule has 0 spiro atoms. The van der Waals surface area contributed by atoms with Crippen LogP contribution in [-0.2, 0) is 0 Å². The molecule has 1 rings (SSSR count). The highest BCUT2D eigenvalue weighted by Gasteiger charge is 2.34. The molecule has 1 fully saturated rings. The Balaban J connectivity index is 2.30. The van der Waals surface area contributed by atoms with Gasteiger partial charge in [-0.25, -0.2) is 0 Å². The standard InChI is InChI=1S/C15H32N2/c1-11(2)8-16-9-15(12(3)4)17(6)10-14-7-13(14)5/h11-16H,7-10H2,1-6H3. The van der Waals surface area contributed by atoms with Gasteiger partial charge in [-0.05, 0) is 43.7 Å². The summed E-state index contributed by atoms with van der Waals surface area (Å²) in [4.78, 5) is 2.58. The van der Waals surface area contributed by atoms with E-state index in [1.807, 2.05) is 0 Å². The molecule has 1 aliphatic carbocycles. The molecule has 0 aliphatic heterocycles. The average molecular weight is 240 g/mol. The van der Waals surface area contributed by atoms with Crippen molar-refractivity contribution in [2.45, 2.75) is 47.1 Å². The Labute approximate surface area is 108 Å². The van der Waals surface area contributed by atoms with Crippen molar-refractivity contribution < 1.29 is 0 Å². The molecule has 102 valence electrons. The van der Waals surface area contributed by atoms with E-state index >= 15 is 0 Å². The Bertz CT molecular complexity index is 213. The smallest absolute Gasteiger partial charge is 0.0240 e. The molecule has 0 amide bonds. The third-order valence-electron chi connectivity index (χ3n) is 4.04. The van der Waals surface area contributed by atoms with E-state index in [9.17, 15) is 0 Å². The maximum absolute atomic E-state index is 3.61. The molecule has 1 N–H and O–H groups in total.